The second-order valence-corrected chi connectivity index (χ2v) is 8.24. The third kappa shape index (κ3) is 5.67. The summed E-state index contributed by atoms with van der Waals surface area (Å²) >= 11 is 0. The Labute approximate surface area is 173 Å². The van der Waals surface area contributed by atoms with Gasteiger partial charge in [0.05, 0.1) is 12.1 Å². The Morgan fingerprint density at radius 2 is 1.62 bits per heavy atom. The predicted octanol–water partition coefficient (Wildman–Crippen LogP) is 3.11. The second kappa shape index (κ2) is 9.70. The van der Waals surface area contributed by atoms with E-state index >= 15 is 0 Å². The van der Waals surface area contributed by atoms with Gasteiger partial charge < -0.3 is 16.0 Å². The first-order valence-corrected chi connectivity index (χ1v) is 10.4. The third-order valence-electron chi connectivity index (χ3n) is 5.40. The van der Waals surface area contributed by atoms with Gasteiger partial charge in [0.2, 0.25) is 11.8 Å². The van der Waals surface area contributed by atoms with Gasteiger partial charge in [0, 0.05) is 6.54 Å². The standard InChI is InChI=1S/C24H31N3O2/c1-16(2)13-22(24(29)26-17(3)18-9-5-4-6-10-18)27-23(28)21-14-19-11-7-8-12-20(19)15-25-21/h4-12,16-17,21-22,25H,13-15H2,1-3H3,(H,26,29)(H,27,28)/t17-,21+,22-/m0/s1. The summed E-state index contributed by atoms with van der Waals surface area (Å²) in [7, 11) is 0. The highest BCUT2D eigenvalue weighted by Crippen LogP contribution is 2.17. The van der Waals surface area contributed by atoms with E-state index in [4.69, 9.17) is 0 Å². The van der Waals surface area contributed by atoms with Gasteiger partial charge in [0.25, 0.3) is 0 Å². The van der Waals surface area contributed by atoms with Crippen molar-refractivity contribution >= 4 is 11.8 Å². The Hall–Kier alpha value is -2.66. The Morgan fingerprint density at radius 1 is 0.966 bits per heavy atom. The molecule has 0 aliphatic carbocycles. The van der Waals surface area contributed by atoms with Crippen molar-refractivity contribution < 1.29 is 9.59 Å². The lowest BCUT2D eigenvalue weighted by molar-refractivity contribution is -0.130. The van der Waals surface area contributed by atoms with Crippen LogP contribution in [-0.2, 0) is 22.6 Å². The molecular weight excluding hydrogens is 362 g/mol. The van der Waals surface area contributed by atoms with Crippen molar-refractivity contribution in [2.24, 2.45) is 5.92 Å². The van der Waals surface area contributed by atoms with E-state index in [1.165, 1.54) is 11.1 Å². The van der Waals surface area contributed by atoms with Crippen LogP contribution in [0.25, 0.3) is 0 Å². The summed E-state index contributed by atoms with van der Waals surface area (Å²) < 4.78 is 0. The summed E-state index contributed by atoms with van der Waals surface area (Å²) in [5.41, 5.74) is 3.46. The third-order valence-corrected chi connectivity index (χ3v) is 5.40. The monoisotopic (exact) mass is 393 g/mol. The molecule has 2 aromatic carbocycles. The minimum atomic E-state index is -0.548. The lowest BCUT2D eigenvalue weighted by atomic mass is 9.95. The quantitative estimate of drug-likeness (QED) is 0.677. The predicted molar refractivity (Wildman–Crippen MR) is 115 cm³/mol. The lowest BCUT2D eigenvalue weighted by Gasteiger charge is -2.28. The molecule has 1 aliphatic rings. The minimum absolute atomic E-state index is 0.116. The van der Waals surface area contributed by atoms with E-state index in [0.29, 0.717) is 19.4 Å². The Balaban J connectivity index is 1.64. The fraction of sp³-hybridized carbons (Fsp3) is 0.417. The molecule has 0 aromatic heterocycles. The molecule has 0 fully saturated rings. The molecule has 2 aromatic rings. The molecule has 3 atom stereocenters. The van der Waals surface area contributed by atoms with Crippen LogP contribution in [0.2, 0.25) is 0 Å². The second-order valence-electron chi connectivity index (χ2n) is 8.24. The highest BCUT2D eigenvalue weighted by molar-refractivity contribution is 5.90. The molecule has 0 unspecified atom stereocenters. The first-order valence-electron chi connectivity index (χ1n) is 10.4. The van der Waals surface area contributed by atoms with E-state index in [1.807, 2.05) is 49.4 Å². The van der Waals surface area contributed by atoms with Gasteiger partial charge >= 0.3 is 0 Å². The molecule has 0 saturated carbocycles. The van der Waals surface area contributed by atoms with Crippen molar-refractivity contribution in [1.82, 2.24) is 16.0 Å². The van der Waals surface area contributed by atoms with Gasteiger partial charge in [-0.1, -0.05) is 68.4 Å². The summed E-state index contributed by atoms with van der Waals surface area (Å²) in [4.78, 5) is 25.8. The normalized spacial score (nSPS) is 17.9. The SMILES string of the molecule is CC(C)C[C@H](NC(=O)[C@H]1Cc2ccccc2CN1)C(=O)N[C@@H](C)c1ccccc1. The van der Waals surface area contributed by atoms with Crippen molar-refractivity contribution in [3.8, 4) is 0 Å². The molecule has 0 bridgehead atoms. The van der Waals surface area contributed by atoms with Crippen molar-refractivity contribution in [2.75, 3.05) is 0 Å². The zero-order valence-corrected chi connectivity index (χ0v) is 17.4. The maximum absolute atomic E-state index is 12.9. The fourth-order valence-electron chi connectivity index (χ4n) is 3.75. The number of hydrogen-bond acceptors (Lipinski definition) is 3. The summed E-state index contributed by atoms with van der Waals surface area (Å²) in [5, 5.41) is 9.34. The molecule has 1 heterocycles. The fourth-order valence-corrected chi connectivity index (χ4v) is 3.75. The van der Waals surface area contributed by atoms with Crippen LogP contribution >= 0.6 is 0 Å². The van der Waals surface area contributed by atoms with E-state index in [-0.39, 0.29) is 29.8 Å². The summed E-state index contributed by atoms with van der Waals surface area (Å²) in [6.07, 6.45) is 1.24. The van der Waals surface area contributed by atoms with Crippen molar-refractivity contribution in [3.63, 3.8) is 0 Å². The van der Waals surface area contributed by atoms with Gasteiger partial charge in [-0.2, -0.15) is 0 Å². The molecular formula is C24H31N3O2. The molecule has 29 heavy (non-hydrogen) atoms. The number of rotatable bonds is 7. The summed E-state index contributed by atoms with van der Waals surface area (Å²) in [6, 6.07) is 17.0. The maximum Gasteiger partial charge on any atom is 0.243 e. The minimum Gasteiger partial charge on any atom is -0.348 e. The number of fused-ring (bicyclic) bond motifs is 1. The van der Waals surface area contributed by atoms with E-state index in [0.717, 1.165) is 5.56 Å². The van der Waals surface area contributed by atoms with E-state index in [9.17, 15) is 9.59 Å². The Morgan fingerprint density at radius 3 is 2.31 bits per heavy atom. The van der Waals surface area contributed by atoms with Gasteiger partial charge in [-0.3, -0.25) is 9.59 Å². The number of amides is 2. The van der Waals surface area contributed by atoms with Crippen molar-refractivity contribution in [3.05, 3.63) is 71.3 Å². The van der Waals surface area contributed by atoms with Crippen LogP contribution in [0.3, 0.4) is 0 Å². The van der Waals surface area contributed by atoms with Crippen LogP contribution in [0.1, 0.15) is 49.9 Å². The Kier molecular flexibility index (Phi) is 7.04. The maximum atomic E-state index is 12.9. The molecule has 5 nitrogen and oxygen atoms in total. The number of benzene rings is 2. The van der Waals surface area contributed by atoms with Gasteiger partial charge in [-0.15, -0.1) is 0 Å². The molecule has 0 saturated heterocycles. The molecule has 2 amide bonds. The lowest BCUT2D eigenvalue weighted by Crippen LogP contribution is -2.54. The van der Waals surface area contributed by atoms with Crippen molar-refractivity contribution in [2.45, 2.75) is 58.3 Å². The van der Waals surface area contributed by atoms with E-state index < -0.39 is 6.04 Å². The molecule has 0 radical (unpaired) electrons. The number of nitrogens with one attached hydrogen (secondary N) is 3. The van der Waals surface area contributed by atoms with Crippen LogP contribution < -0.4 is 16.0 Å². The first kappa shape index (κ1) is 21.1. The highest BCUT2D eigenvalue weighted by Gasteiger charge is 2.29. The smallest absolute Gasteiger partial charge is 0.243 e. The van der Waals surface area contributed by atoms with Crippen LogP contribution in [0, 0.1) is 5.92 Å². The van der Waals surface area contributed by atoms with Gasteiger partial charge in [0.1, 0.15) is 6.04 Å². The summed E-state index contributed by atoms with van der Waals surface area (Å²) in [6.45, 7) is 6.74. The zero-order valence-electron chi connectivity index (χ0n) is 17.4. The topological polar surface area (TPSA) is 70.2 Å². The number of carbonyl (C=O) groups excluding carboxylic acids is 2. The number of carbonyl (C=O) groups is 2. The molecule has 154 valence electrons. The van der Waals surface area contributed by atoms with E-state index in [2.05, 4.69) is 41.9 Å². The van der Waals surface area contributed by atoms with Gasteiger partial charge in [0.15, 0.2) is 0 Å². The molecule has 1 aliphatic heterocycles. The van der Waals surface area contributed by atoms with Crippen LogP contribution in [-0.4, -0.2) is 23.9 Å². The molecule has 3 N–H and O–H groups in total. The number of hydrogen-bond donors (Lipinski definition) is 3. The molecule has 0 spiro atoms. The van der Waals surface area contributed by atoms with Crippen LogP contribution in [0.15, 0.2) is 54.6 Å². The molecule has 3 rings (SSSR count). The average Bonchev–Trinajstić information content (AvgIpc) is 2.73. The average molecular weight is 394 g/mol. The first-order chi connectivity index (χ1) is 13.9. The highest BCUT2D eigenvalue weighted by atomic mass is 16.2. The Bertz CT molecular complexity index is 835. The van der Waals surface area contributed by atoms with Gasteiger partial charge in [-0.05, 0) is 42.4 Å². The zero-order chi connectivity index (χ0) is 20.8. The van der Waals surface area contributed by atoms with Gasteiger partial charge in [-0.25, -0.2) is 0 Å². The van der Waals surface area contributed by atoms with E-state index in [1.54, 1.807) is 0 Å². The van der Waals surface area contributed by atoms with Crippen LogP contribution in [0.5, 0.6) is 0 Å². The summed E-state index contributed by atoms with van der Waals surface area (Å²) in [5.74, 6) is 0.0328. The van der Waals surface area contributed by atoms with Crippen LogP contribution in [0.4, 0.5) is 0 Å². The van der Waals surface area contributed by atoms with Crippen molar-refractivity contribution in [1.29, 1.82) is 0 Å². The largest absolute Gasteiger partial charge is 0.348 e. The molecule has 5 heteroatoms.